The molecule has 0 aromatic heterocycles. The Labute approximate surface area is 130 Å². The molecule has 1 aromatic carbocycles. The molecule has 0 radical (unpaired) electrons. The monoisotopic (exact) mass is 306 g/mol. The van der Waals surface area contributed by atoms with Gasteiger partial charge in [0.2, 0.25) is 11.8 Å². The van der Waals surface area contributed by atoms with E-state index in [1.54, 1.807) is 57.4 Å². The second kappa shape index (κ2) is 8.14. The maximum Gasteiger partial charge on any atom is 0.251 e. The van der Waals surface area contributed by atoms with Crippen LogP contribution in [0.25, 0.3) is 0 Å². The average molecular weight is 306 g/mol. The van der Waals surface area contributed by atoms with Gasteiger partial charge in [-0.3, -0.25) is 19.3 Å². The predicted octanol–water partition coefficient (Wildman–Crippen LogP) is 0.00470. The Morgan fingerprint density at radius 1 is 1.00 bits per heavy atom. The lowest BCUT2D eigenvalue weighted by atomic mass is 10.2. The molecule has 0 aliphatic rings. The van der Waals surface area contributed by atoms with Crippen molar-refractivity contribution < 1.29 is 14.4 Å². The van der Waals surface area contributed by atoms with Gasteiger partial charge in [0, 0.05) is 32.4 Å². The third kappa shape index (κ3) is 5.53. The van der Waals surface area contributed by atoms with E-state index in [0.717, 1.165) is 0 Å². The Morgan fingerprint density at radius 2 is 1.59 bits per heavy atom. The van der Waals surface area contributed by atoms with Crippen LogP contribution in [-0.2, 0) is 9.59 Å². The minimum absolute atomic E-state index is 0.0646. The highest BCUT2D eigenvalue weighted by Crippen LogP contribution is 2.09. The topological polar surface area (TPSA) is 81.8 Å². The molecule has 0 unspecified atom stereocenters. The Kier molecular flexibility index (Phi) is 6.52. The molecule has 1 aromatic rings. The van der Waals surface area contributed by atoms with Crippen molar-refractivity contribution in [1.29, 1.82) is 0 Å². The van der Waals surface area contributed by atoms with E-state index in [1.165, 1.54) is 4.90 Å². The summed E-state index contributed by atoms with van der Waals surface area (Å²) in [7, 11) is 6.60. The summed E-state index contributed by atoms with van der Waals surface area (Å²) in [4.78, 5) is 38.0. The first kappa shape index (κ1) is 17.6. The third-order valence-electron chi connectivity index (χ3n) is 2.98. The van der Waals surface area contributed by atoms with E-state index < -0.39 is 0 Å². The van der Waals surface area contributed by atoms with Gasteiger partial charge in [0.15, 0.2) is 0 Å². The van der Waals surface area contributed by atoms with Gasteiger partial charge in [-0.15, -0.1) is 0 Å². The summed E-state index contributed by atoms with van der Waals surface area (Å²) in [6.07, 6.45) is 0. The molecule has 120 valence electrons. The second-order valence-corrected chi connectivity index (χ2v) is 5.17. The molecule has 7 heteroatoms. The summed E-state index contributed by atoms with van der Waals surface area (Å²) in [5.41, 5.74) is 1.12. The lowest BCUT2D eigenvalue weighted by Gasteiger charge is -2.18. The molecule has 0 fully saturated rings. The smallest absolute Gasteiger partial charge is 0.251 e. The van der Waals surface area contributed by atoms with Gasteiger partial charge in [-0.05, 0) is 31.3 Å². The molecule has 2 N–H and O–H groups in total. The van der Waals surface area contributed by atoms with Crippen LogP contribution in [0.2, 0.25) is 0 Å². The summed E-state index contributed by atoms with van der Waals surface area (Å²) in [5.74, 6) is -0.466. The minimum atomic E-state index is -0.221. The Bertz CT molecular complexity index is 540. The zero-order valence-electron chi connectivity index (χ0n) is 13.3. The largest absolute Gasteiger partial charge is 0.355 e. The van der Waals surface area contributed by atoms with Gasteiger partial charge in [-0.1, -0.05) is 0 Å². The molecule has 0 saturated heterocycles. The molecule has 0 atom stereocenters. The molecule has 22 heavy (non-hydrogen) atoms. The second-order valence-electron chi connectivity index (χ2n) is 5.17. The fourth-order valence-corrected chi connectivity index (χ4v) is 1.72. The average Bonchev–Trinajstić information content (AvgIpc) is 2.46. The molecule has 0 spiro atoms. The molecule has 0 heterocycles. The number of rotatable bonds is 6. The molecule has 3 amide bonds. The van der Waals surface area contributed by atoms with Crippen LogP contribution in [0.15, 0.2) is 24.3 Å². The third-order valence-corrected chi connectivity index (χ3v) is 2.98. The van der Waals surface area contributed by atoms with E-state index in [9.17, 15) is 14.4 Å². The van der Waals surface area contributed by atoms with Crippen molar-refractivity contribution in [3.05, 3.63) is 29.8 Å². The van der Waals surface area contributed by atoms with Crippen LogP contribution in [0.1, 0.15) is 10.4 Å². The van der Waals surface area contributed by atoms with Crippen molar-refractivity contribution in [3.8, 4) is 0 Å². The van der Waals surface area contributed by atoms with Gasteiger partial charge in [-0.25, -0.2) is 0 Å². The first-order chi connectivity index (χ1) is 10.3. The number of anilines is 1. The van der Waals surface area contributed by atoms with Crippen LogP contribution in [-0.4, -0.2) is 68.8 Å². The standard InChI is InChI=1S/C15H22N4O3/c1-16-15(22)11-5-7-12(8-6-11)17-13(20)9-19(4)10-14(21)18(2)3/h5-8H,9-10H2,1-4H3,(H,16,22)(H,17,20). The van der Waals surface area contributed by atoms with E-state index in [0.29, 0.717) is 11.3 Å². The van der Waals surface area contributed by atoms with Crippen LogP contribution < -0.4 is 10.6 Å². The summed E-state index contributed by atoms with van der Waals surface area (Å²) < 4.78 is 0. The van der Waals surface area contributed by atoms with Crippen molar-refractivity contribution in [2.45, 2.75) is 0 Å². The van der Waals surface area contributed by atoms with Gasteiger partial charge in [0.05, 0.1) is 13.1 Å². The van der Waals surface area contributed by atoms with Crippen molar-refractivity contribution in [2.75, 3.05) is 46.6 Å². The molecule has 0 aliphatic heterocycles. The van der Waals surface area contributed by atoms with E-state index in [2.05, 4.69) is 10.6 Å². The van der Waals surface area contributed by atoms with E-state index >= 15 is 0 Å². The normalized spacial score (nSPS) is 10.2. The lowest BCUT2D eigenvalue weighted by molar-refractivity contribution is -0.130. The van der Waals surface area contributed by atoms with Gasteiger partial charge < -0.3 is 15.5 Å². The summed E-state index contributed by atoms with van der Waals surface area (Å²) >= 11 is 0. The number of benzene rings is 1. The van der Waals surface area contributed by atoms with Crippen LogP contribution in [0.4, 0.5) is 5.69 Å². The molecular weight excluding hydrogens is 284 g/mol. The molecular formula is C15H22N4O3. The highest BCUT2D eigenvalue weighted by atomic mass is 16.2. The summed E-state index contributed by atoms with van der Waals surface area (Å²) in [6, 6.07) is 6.59. The summed E-state index contributed by atoms with van der Waals surface area (Å²) in [6.45, 7) is 0.285. The molecule has 0 saturated carbocycles. The molecule has 1 rings (SSSR count). The van der Waals surface area contributed by atoms with Crippen molar-refractivity contribution in [1.82, 2.24) is 15.1 Å². The molecule has 0 aliphatic carbocycles. The Morgan fingerprint density at radius 3 is 2.09 bits per heavy atom. The maximum atomic E-state index is 11.9. The number of carbonyl (C=O) groups excluding carboxylic acids is 3. The van der Waals surface area contributed by atoms with Crippen molar-refractivity contribution in [3.63, 3.8) is 0 Å². The van der Waals surface area contributed by atoms with Crippen LogP contribution in [0.5, 0.6) is 0 Å². The number of likely N-dealkylation sites (N-methyl/N-ethyl adjacent to an activating group) is 2. The summed E-state index contributed by atoms with van der Waals surface area (Å²) in [5, 5.41) is 5.25. The lowest BCUT2D eigenvalue weighted by Crippen LogP contribution is -2.38. The van der Waals surface area contributed by atoms with E-state index in [4.69, 9.17) is 0 Å². The molecule has 0 bridgehead atoms. The van der Waals surface area contributed by atoms with Crippen molar-refractivity contribution >= 4 is 23.4 Å². The first-order valence-corrected chi connectivity index (χ1v) is 6.84. The SMILES string of the molecule is CNC(=O)c1ccc(NC(=O)CN(C)CC(=O)N(C)C)cc1. The van der Waals surface area contributed by atoms with Crippen LogP contribution in [0.3, 0.4) is 0 Å². The van der Waals surface area contributed by atoms with Crippen molar-refractivity contribution in [2.24, 2.45) is 0 Å². The molecule has 7 nitrogen and oxygen atoms in total. The van der Waals surface area contributed by atoms with Gasteiger partial charge in [-0.2, -0.15) is 0 Å². The minimum Gasteiger partial charge on any atom is -0.355 e. The first-order valence-electron chi connectivity index (χ1n) is 6.84. The highest BCUT2D eigenvalue weighted by molar-refractivity contribution is 5.96. The van der Waals surface area contributed by atoms with E-state index in [1.807, 2.05) is 0 Å². The Hall–Kier alpha value is -2.41. The number of nitrogens with zero attached hydrogens (tertiary/aromatic N) is 2. The number of hydrogen-bond acceptors (Lipinski definition) is 4. The highest BCUT2D eigenvalue weighted by Gasteiger charge is 2.12. The fourth-order valence-electron chi connectivity index (χ4n) is 1.72. The maximum absolute atomic E-state index is 11.9. The number of amides is 3. The fraction of sp³-hybridized carbons (Fsp3) is 0.400. The quantitative estimate of drug-likeness (QED) is 0.775. The van der Waals surface area contributed by atoms with E-state index in [-0.39, 0.29) is 30.8 Å². The predicted molar refractivity (Wildman–Crippen MR) is 84.7 cm³/mol. The van der Waals surface area contributed by atoms with Gasteiger partial charge in [0.25, 0.3) is 5.91 Å². The zero-order chi connectivity index (χ0) is 16.7. The van der Waals surface area contributed by atoms with Crippen LogP contribution >= 0.6 is 0 Å². The number of nitrogens with one attached hydrogen (secondary N) is 2. The van der Waals surface area contributed by atoms with Gasteiger partial charge >= 0.3 is 0 Å². The zero-order valence-corrected chi connectivity index (χ0v) is 13.3. The Balaban J connectivity index is 2.51. The number of carbonyl (C=O) groups is 3. The van der Waals surface area contributed by atoms with Gasteiger partial charge in [0.1, 0.15) is 0 Å². The number of hydrogen-bond donors (Lipinski definition) is 2. The van der Waals surface area contributed by atoms with Crippen LogP contribution in [0, 0.1) is 0 Å².